The van der Waals surface area contributed by atoms with Crippen LogP contribution in [0.3, 0.4) is 0 Å². The third-order valence-electron chi connectivity index (χ3n) is 8.15. The molecule has 38 heavy (non-hydrogen) atoms. The van der Waals surface area contributed by atoms with Gasteiger partial charge >= 0.3 is 0 Å². The maximum atomic E-state index is 4.01. The van der Waals surface area contributed by atoms with Gasteiger partial charge < -0.3 is 0 Å². The van der Waals surface area contributed by atoms with Gasteiger partial charge in [-0.3, -0.25) is 0 Å². The largest absolute Gasteiger partial charge is 0.170 e. The van der Waals surface area contributed by atoms with Gasteiger partial charge in [-0.05, 0) is 112 Å². The van der Waals surface area contributed by atoms with Gasteiger partial charge in [-0.1, -0.05) is 103 Å². The van der Waals surface area contributed by atoms with Crippen molar-refractivity contribution in [1.82, 2.24) is 0 Å². The number of rotatable bonds is 5. The van der Waals surface area contributed by atoms with E-state index in [9.17, 15) is 0 Å². The zero-order valence-electron chi connectivity index (χ0n) is 23.6. The van der Waals surface area contributed by atoms with Gasteiger partial charge in [-0.2, -0.15) is 10.0 Å². The van der Waals surface area contributed by atoms with Crippen molar-refractivity contribution in [3.8, 4) is 11.2 Å². The van der Waals surface area contributed by atoms with Crippen LogP contribution >= 0.6 is 10.0 Å². The zero-order valence-corrected chi connectivity index (χ0v) is 24.4. The first-order valence-corrected chi connectivity index (χ1v) is 15.5. The van der Waals surface area contributed by atoms with Gasteiger partial charge in [0, 0.05) is 5.56 Å². The van der Waals surface area contributed by atoms with Crippen LogP contribution < -0.4 is 0 Å². The number of hydrogen-bond donors (Lipinski definition) is 0. The first-order valence-electron chi connectivity index (χ1n) is 13.6. The third kappa shape index (κ3) is 4.22. The smallest absolute Gasteiger partial charge is 0.0260 e. The minimum Gasteiger partial charge on any atom is -0.170 e. The second-order valence-corrected chi connectivity index (χ2v) is 15.7. The standard InChI is InChI=1S/C37H38S/c1-9-28-20-31-13-15-35-34(36(31)22-29(28)10-2)16-14-32-21-33-19-27(11-12-30(33)23-37(32)35)17-18-38(24(3)4,25(5)6)26(7)8/h9-16,19-26H,1-2H2,3-8H3. The monoisotopic (exact) mass is 514 g/mol. The van der Waals surface area contributed by atoms with Gasteiger partial charge in [-0.15, -0.1) is 0 Å². The van der Waals surface area contributed by atoms with E-state index in [2.05, 4.69) is 133 Å². The fourth-order valence-electron chi connectivity index (χ4n) is 6.27. The summed E-state index contributed by atoms with van der Waals surface area (Å²) in [7, 11) is -1.06. The maximum absolute atomic E-state index is 4.01. The maximum Gasteiger partial charge on any atom is 0.0260 e. The van der Waals surface area contributed by atoms with E-state index in [0.717, 1.165) is 16.7 Å². The summed E-state index contributed by atoms with van der Waals surface area (Å²) >= 11 is 0. The van der Waals surface area contributed by atoms with Crippen LogP contribution in [0.5, 0.6) is 0 Å². The van der Waals surface area contributed by atoms with E-state index in [-0.39, 0.29) is 0 Å². The Morgan fingerprint density at radius 1 is 0.553 bits per heavy atom. The van der Waals surface area contributed by atoms with Gasteiger partial charge in [0.05, 0.1) is 0 Å². The molecule has 0 heterocycles. The van der Waals surface area contributed by atoms with Gasteiger partial charge in [0.25, 0.3) is 0 Å². The Kier molecular flexibility index (Phi) is 6.89. The molecular formula is C37H38S. The molecule has 0 aliphatic heterocycles. The molecule has 0 fully saturated rings. The molecule has 0 atom stereocenters. The average Bonchev–Trinajstić information content (AvgIpc) is 2.90. The van der Waals surface area contributed by atoms with Crippen molar-refractivity contribution in [3.05, 3.63) is 96.6 Å². The fraction of sp³-hybridized carbons (Fsp3) is 0.243. The summed E-state index contributed by atoms with van der Waals surface area (Å²) in [6, 6.07) is 24.8. The summed E-state index contributed by atoms with van der Waals surface area (Å²) in [5, 5.41) is 15.6. The molecule has 5 aromatic rings. The van der Waals surface area contributed by atoms with Crippen LogP contribution in [-0.2, 0) is 0 Å². The van der Waals surface area contributed by atoms with Crippen molar-refractivity contribution in [2.75, 3.05) is 0 Å². The van der Waals surface area contributed by atoms with E-state index in [1.165, 1.54) is 43.1 Å². The molecule has 0 radical (unpaired) electrons. The Balaban J connectivity index is 1.66. The zero-order chi connectivity index (χ0) is 27.2. The predicted molar refractivity (Wildman–Crippen MR) is 177 cm³/mol. The number of benzene rings is 5. The van der Waals surface area contributed by atoms with Gasteiger partial charge in [0.1, 0.15) is 0 Å². The van der Waals surface area contributed by atoms with Crippen molar-refractivity contribution in [2.24, 2.45) is 0 Å². The summed E-state index contributed by atoms with van der Waals surface area (Å²) in [5.74, 6) is 3.61. The molecule has 0 spiro atoms. The van der Waals surface area contributed by atoms with Crippen molar-refractivity contribution < 1.29 is 0 Å². The molecule has 0 aromatic heterocycles. The topological polar surface area (TPSA) is 0 Å². The van der Waals surface area contributed by atoms with Crippen LogP contribution in [0, 0.1) is 11.2 Å². The Labute approximate surface area is 229 Å². The Hall–Kier alpha value is -3.47. The quantitative estimate of drug-likeness (QED) is 0.124. The molecule has 0 aliphatic carbocycles. The van der Waals surface area contributed by atoms with E-state index < -0.39 is 10.0 Å². The first-order chi connectivity index (χ1) is 18.2. The summed E-state index contributed by atoms with van der Waals surface area (Å²) < 4.78 is 0. The van der Waals surface area contributed by atoms with Crippen LogP contribution in [0.1, 0.15) is 58.2 Å². The summed E-state index contributed by atoms with van der Waals surface area (Å²) in [6.45, 7) is 22.1. The van der Waals surface area contributed by atoms with E-state index >= 15 is 0 Å². The fourth-order valence-corrected chi connectivity index (χ4v) is 10.5. The Morgan fingerprint density at radius 3 is 1.66 bits per heavy atom. The van der Waals surface area contributed by atoms with E-state index in [4.69, 9.17) is 0 Å². The molecule has 192 valence electrons. The van der Waals surface area contributed by atoms with Crippen molar-refractivity contribution in [1.29, 1.82) is 0 Å². The minimum absolute atomic E-state index is 0.578. The summed E-state index contributed by atoms with van der Waals surface area (Å²) in [5.41, 5.74) is 3.34. The molecule has 0 N–H and O–H groups in total. The molecule has 5 rings (SSSR count). The highest BCUT2D eigenvalue weighted by Gasteiger charge is 2.33. The lowest BCUT2D eigenvalue weighted by Gasteiger charge is -2.46. The molecule has 0 bridgehead atoms. The normalized spacial score (nSPS) is 12.6. The highest BCUT2D eigenvalue weighted by molar-refractivity contribution is 8.38. The van der Waals surface area contributed by atoms with Crippen LogP contribution in [0.2, 0.25) is 0 Å². The van der Waals surface area contributed by atoms with Crippen molar-refractivity contribution >= 4 is 65.3 Å². The minimum atomic E-state index is -1.06. The van der Waals surface area contributed by atoms with Crippen LogP contribution in [0.25, 0.3) is 55.2 Å². The highest BCUT2D eigenvalue weighted by atomic mass is 32.3. The molecule has 1 heteroatoms. The van der Waals surface area contributed by atoms with E-state index in [1.54, 1.807) is 0 Å². The van der Waals surface area contributed by atoms with Gasteiger partial charge in [0.15, 0.2) is 0 Å². The van der Waals surface area contributed by atoms with Crippen LogP contribution in [-0.4, -0.2) is 15.7 Å². The van der Waals surface area contributed by atoms with E-state index in [1.807, 2.05) is 12.2 Å². The molecule has 0 nitrogen and oxygen atoms in total. The molecule has 0 saturated carbocycles. The second-order valence-electron chi connectivity index (χ2n) is 11.1. The lowest BCUT2D eigenvalue weighted by atomic mass is 9.92. The Morgan fingerprint density at radius 2 is 1.08 bits per heavy atom. The molecule has 0 amide bonds. The van der Waals surface area contributed by atoms with Gasteiger partial charge in [0.2, 0.25) is 0 Å². The van der Waals surface area contributed by atoms with Crippen LogP contribution in [0.4, 0.5) is 0 Å². The van der Waals surface area contributed by atoms with E-state index in [0.29, 0.717) is 15.7 Å². The summed E-state index contributed by atoms with van der Waals surface area (Å²) in [6.07, 6.45) is 3.82. The molecule has 5 aromatic carbocycles. The highest BCUT2D eigenvalue weighted by Crippen LogP contribution is 2.59. The second kappa shape index (κ2) is 10.0. The van der Waals surface area contributed by atoms with Gasteiger partial charge in [-0.25, -0.2) is 0 Å². The Bertz CT molecular complexity index is 1770. The lowest BCUT2D eigenvalue weighted by molar-refractivity contribution is 0.959. The third-order valence-corrected chi connectivity index (χ3v) is 13.3. The average molecular weight is 515 g/mol. The molecule has 0 aliphatic rings. The van der Waals surface area contributed by atoms with Crippen LogP contribution in [0.15, 0.2) is 79.9 Å². The lowest BCUT2D eigenvalue weighted by Crippen LogP contribution is -2.27. The van der Waals surface area contributed by atoms with Crippen molar-refractivity contribution in [3.63, 3.8) is 0 Å². The molecular weight excluding hydrogens is 476 g/mol. The summed E-state index contributed by atoms with van der Waals surface area (Å²) in [4.78, 5) is 0. The first kappa shape index (κ1) is 26.1. The number of fused-ring (bicyclic) bond motifs is 6. The predicted octanol–water partition coefficient (Wildman–Crippen LogP) is 10.9. The molecule has 0 saturated heterocycles. The number of hydrogen-bond acceptors (Lipinski definition) is 0. The SMILES string of the molecule is C=Cc1cc2ccc3c4cc5ccc(C#CS(C(C)C)(C(C)C)C(C)C)cc5cc4ccc3c2cc1C=C. The molecule has 0 unspecified atom stereocenters. The van der Waals surface area contributed by atoms with Crippen molar-refractivity contribution in [2.45, 2.75) is 57.3 Å².